The Labute approximate surface area is 146 Å². The van der Waals surface area contributed by atoms with Gasteiger partial charge in [0.15, 0.2) is 0 Å². The van der Waals surface area contributed by atoms with Crippen molar-refractivity contribution in [1.82, 2.24) is 9.78 Å². The second kappa shape index (κ2) is 7.09. The Morgan fingerprint density at radius 3 is 2.81 bits per heavy atom. The zero-order valence-electron chi connectivity index (χ0n) is 13.4. The summed E-state index contributed by atoms with van der Waals surface area (Å²) in [6.07, 6.45) is 1.11. The van der Waals surface area contributed by atoms with Crippen LogP contribution >= 0.6 is 0 Å². The van der Waals surface area contributed by atoms with Gasteiger partial charge < -0.3 is 5.32 Å². The number of hydrogen-bond donors (Lipinski definition) is 1. The predicted octanol–water partition coefficient (Wildman–Crippen LogP) is 2.47. The van der Waals surface area contributed by atoms with E-state index in [1.807, 2.05) is 0 Å². The van der Waals surface area contributed by atoms with Gasteiger partial charge in [0, 0.05) is 23.9 Å². The van der Waals surface area contributed by atoms with Crippen LogP contribution in [0.25, 0.3) is 10.9 Å². The molecule has 9 heteroatoms. The number of hydrogen-bond acceptors (Lipinski definition) is 5. The predicted molar refractivity (Wildman–Crippen MR) is 92.3 cm³/mol. The Morgan fingerprint density at radius 1 is 1.27 bits per heavy atom. The van der Waals surface area contributed by atoms with Gasteiger partial charge in [-0.1, -0.05) is 12.1 Å². The van der Waals surface area contributed by atoms with Crippen LogP contribution in [-0.4, -0.2) is 20.6 Å². The highest BCUT2D eigenvalue weighted by atomic mass is 19.1. The zero-order valence-corrected chi connectivity index (χ0v) is 13.4. The Balaban J connectivity index is 1.74. The van der Waals surface area contributed by atoms with Gasteiger partial charge in [-0.3, -0.25) is 24.4 Å². The molecule has 0 aliphatic heterocycles. The molecule has 26 heavy (non-hydrogen) atoms. The van der Waals surface area contributed by atoms with Gasteiger partial charge in [-0.05, 0) is 18.2 Å². The van der Waals surface area contributed by atoms with E-state index in [1.54, 1.807) is 24.3 Å². The lowest BCUT2D eigenvalue weighted by molar-refractivity contribution is -0.384. The molecule has 0 aliphatic carbocycles. The first-order chi connectivity index (χ1) is 12.5. The average Bonchev–Trinajstić information content (AvgIpc) is 2.63. The fourth-order valence-corrected chi connectivity index (χ4v) is 2.48. The highest BCUT2D eigenvalue weighted by Crippen LogP contribution is 2.21. The van der Waals surface area contributed by atoms with Crippen LogP contribution in [0.2, 0.25) is 0 Å². The number of anilines is 1. The van der Waals surface area contributed by atoms with Crippen molar-refractivity contribution in [2.45, 2.75) is 13.0 Å². The van der Waals surface area contributed by atoms with E-state index in [4.69, 9.17) is 0 Å². The summed E-state index contributed by atoms with van der Waals surface area (Å²) in [5.41, 5.74) is -0.231. The maximum absolute atomic E-state index is 13.7. The van der Waals surface area contributed by atoms with Gasteiger partial charge >= 0.3 is 0 Å². The first kappa shape index (κ1) is 17.2. The Kier molecular flexibility index (Phi) is 4.70. The van der Waals surface area contributed by atoms with E-state index in [1.165, 1.54) is 10.9 Å². The molecule has 3 aromatic rings. The van der Waals surface area contributed by atoms with Crippen molar-refractivity contribution in [3.05, 3.63) is 74.8 Å². The van der Waals surface area contributed by atoms with E-state index >= 15 is 0 Å². The summed E-state index contributed by atoms with van der Waals surface area (Å²) in [5.74, 6) is -1.30. The quantitative estimate of drug-likeness (QED) is 0.558. The largest absolute Gasteiger partial charge is 0.323 e. The third kappa shape index (κ3) is 3.56. The molecule has 0 aliphatic rings. The van der Waals surface area contributed by atoms with Crippen molar-refractivity contribution < 1.29 is 14.1 Å². The van der Waals surface area contributed by atoms with Crippen molar-refractivity contribution in [3.8, 4) is 0 Å². The van der Waals surface area contributed by atoms with Gasteiger partial charge in [0.25, 0.3) is 5.69 Å². The number of carbonyl (C=O) groups excluding carboxylic acids is 1. The van der Waals surface area contributed by atoms with Crippen molar-refractivity contribution in [1.29, 1.82) is 0 Å². The number of non-ortho nitro benzene ring substituents is 1. The summed E-state index contributed by atoms with van der Waals surface area (Å²) >= 11 is 0. The van der Waals surface area contributed by atoms with E-state index in [2.05, 4.69) is 10.4 Å². The topological polar surface area (TPSA) is 107 Å². The number of aromatic nitrogens is 2. The van der Waals surface area contributed by atoms with Gasteiger partial charge in [-0.15, -0.1) is 0 Å². The normalized spacial score (nSPS) is 10.7. The van der Waals surface area contributed by atoms with E-state index in [9.17, 15) is 24.1 Å². The Hall–Kier alpha value is -3.62. The molecule has 0 saturated carbocycles. The highest BCUT2D eigenvalue weighted by molar-refractivity contribution is 5.91. The van der Waals surface area contributed by atoms with Crippen LogP contribution in [0.1, 0.15) is 6.42 Å². The Morgan fingerprint density at radius 2 is 2.04 bits per heavy atom. The van der Waals surface area contributed by atoms with Gasteiger partial charge in [-0.25, -0.2) is 4.39 Å². The van der Waals surface area contributed by atoms with Crippen molar-refractivity contribution in [3.63, 3.8) is 0 Å². The van der Waals surface area contributed by atoms with Crippen LogP contribution < -0.4 is 10.7 Å². The summed E-state index contributed by atoms with van der Waals surface area (Å²) in [6.45, 7) is 0.156. The van der Waals surface area contributed by atoms with Crippen LogP contribution in [-0.2, 0) is 11.3 Å². The first-order valence-corrected chi connectivity index (χ1v) is 7.64. The molecule has 0 saturated heterocycles. The number of aryl methyl sites for hydroxylation is 1. The molecule has 1 amide bonds. The third-order valence-corrected chi connectivity index (χ3v) is 3.75. The molecule has 1 N–H and O–H groups in total. The second-order valence-electron chi connectivity index (χ2n) is 5.47. The SMILES string of the molecule is O=C(CCn1ncc(=O)c2ccccc21)Nc1cc([N+](=O)[O-])ccc1F. The second-order valence-corrected chi connectivity index (χ2v) is 5.47. The van der Waals surface area contributed by atoms with Gasteiger partial charge in [0.2, 0.25) is 11.3 Å². The molecule has 0 atom stereocenters. The monoisotopic (exact) mass is 356 g/mol. The standard InChI is InChI=1S/C17H13FN4O4/c18-13-6-5-11(22(25)26)9-14(13)20-17(24)7-8-21-15-4-2-1-3-12(15)16(23)10-19-21/h1-6,9-10H,7-8H2,(H,20,24). The highest BCUT2D eigenvalue weighted by Gasteiger charge is 2.13. The van der Waals surface area contributed by atoms with Crippen LogP contribution in [0.15, 0.2) is 53.5 Å². The van der Waals surface area contributed by atoms with Crippen LogP contribution in [0, 0.1) is 15.9 Å². The minimum absolute atomic E-state index is 0.0536. The molecule has 2 aromatic carbocycles. The van der Waals surface area contributed by atoms with Crippen LogP contribution in [0.3, 0.4) is 0 Å². The van der Waals surface area contributed by atoms with Crippen molar-refractivity contribution >= 4 is 28.2 Å². The molecule has 8 nitrogen and oxygen atoms in total. The Bertz CT molecular complexity index is 1060. The number of nitro benzene ring substituents is 1. The molecule has 0 bridgehead atoms. The summed E-state index contributed by atoms with van der Waals surface area (Å²) in [6, 6.07) is 9.74. The van der Waals surface area contributed by atoms with E-state index in [0.29, 0.717) is 10.9 Å². The smallest absolute Gasteiger partial charge is 0.271 e. The molecule has 132 valence electrons. The number of halogens is 1. The molecule has 0 unspecified atom stereocenters. The van der Waals surface area contributed by atoms with Gasteiger partial charge in [-0.2, -0.15) is 5.10 Å². The number of amides is 1. The van der Waals surface area contributed by atoms with Crippen LogP contribution in [0.5, 0.6) is 0 Å². The summed E-state index contributed by atoms with van der Waals surface area (Å²) in [5, 5.41) is 17.5. The van der Waals surface area contributed by atoms with E-state index < -0.39 is 16.6 Å². The first-order valence-electron chi connectivity index (χ1n) is 7.64. The number of nitrogens with one attached hydrogen (secondary N) is 1. The fraction of sp³-hybridized carbons (Fsp3) is 0.118. The van der Waals surface area contributed by atoms with Crippen LogP contribution in [0.4, 0.5) is 15.8 Å². The molecule has 0 spiro atoms. The van der Waals surface area contributed by atoms with E-state index in [-0.39, 0.29) is 29.8 Å². The lowest BCUT2D eigenvalue weighted by Crippen LogP contribution is -2.18. The van der Waals surface area contributed by atoms with Crippen molar-refractivity contribution in [2.75, 3.05) is 5.32 Å². The number of nitro groups is 1. The zero-order chi connectivity index (χ0) is 18.7. The van der Waals surface area contributed by atoms with Gasteiger partial charge in [0.05, 0.1) is 28.9 Å². The number of nitrogens with zero attached hydrogens (tertiary/aromatic N) is 3. The van der Waals surface area contributed by atoms with Crippen molar-refractivity contribution in [2.24, 2.45) is 0 Å². The molecule has 3 rings (SSSR count). The number of para-hydroxylation sites is 1. The number of carbonyl (C=O) groups is 1. The lowest BCUT2D eigenvalue weighted by atomic mass is 10.2. The maximum Gasteiger partial charge on any atom is 0.271 e. The number of rotatable bonds is 5. The van der Waals surface area contributed by atoms with Gasteiger partial charge in [0.1, 0.15) is 5.82 Å². The molecular formula is C17H13FN4O4. The fourth-order valence-electron chi connectivity index (χ4n) is 2.48. The maximum atomic E-state index is 13.7. The minimum Gasteiger partial charge on any atom is -0.323 e. The van der Waals surface area contributed by atoms with E-state index in [0.717, 1.165) is 18.2 Å². The number of benzene rings is 2. The summed E-state index contributed by atoms with van der Waals surface area (Å²) in [4.78, 5) is 33.9. The number of fused-ring (bicyclic) bond motifs is 1. The molecule has 1 aromatic heterocycles. The molecule has 1 heterocycles. The lowest BCUT2D eigenvalue weighted by Gasteiger charge is -2.10. The molecule has 0 radical (unpaired) electrons. The summed E-state index contributed by atoms with van der Waals surface area (Å²) < 4.78 is 15.2. The molecule has 0 fully saturated rings. The minimum atomic E-state index is -0.768. The molecular weight excluding hydrogens is 343 g/mol. The summed E-state index contributed by atoms with van der Waals surface area (Å²) in [7, 11) is 0. The third-order valence-electron chi connectivity index (χ3n) is 3.75. The average molecular weight is 356 g/mol.